The van der Waals surface area contributed by atoms with E-state index < -0.39 is 11.9 Å². The molecule has 3 aromatic rings. The molecule has 2 heterocycles. The summed E-state index contributed by atoms with van der Waals surface area (Å²) in [6.45, 7) is 0.117. The molecule has 4 rings (SSSR count). The van der Waals surface area contributed by atoms with Gasteiger partial charge in [-0.05, 0) is 36.4 Å². The number of nitrogen functional groups attached to an aromatic ring is 1. The molecule has 2 aromatic carbocycles. The predicted octanol–water partition coefficient (Wildman–Crippen LogP) is 1.88. The van der Waals surface area contributed by atoms with Crippen molar-refractivity contribution in [2.75, 3.05) is 23.7 Å². The minimum Gasteiger partial charge on any atom is -0.486 e. The number of aromatic nitrogens is 3. The highest BCUT2D eigenvalue weighted by Gasteiger charge is 2.16. The molecular weight excluding hydrogens is 443 g/mol. The second-order valence-corrected chi connectivity index (χ2v) is 7.31. The first-order valence-corrected chi connectivity index (χ1v) is 10.2. The van der Waals surface area contributed by atoms with Gasteiger partial charge in [0.1, 0.15) is 18.2 Å². The van der Waals surface area contributed by atoms with Crippen molar-refractivity contribution in [2.45, 2.75) is 11.8 Å². The number of fused-ring (bicyclic) bond motifs is 1. The van der Waals surface area contributed by atoms with Gasteiger partial charge in [-0.1, -0.05) is 11.8 Å². The summed E-state index contributed by atoms with van der Waals surface area (Å²) in [6.07, 6.45) is 0. The van der Waals surface area contributed by atoms with Gasteiger partial charge in [-0.25, -0.2) is 13.9 Å². The molecule has 0 spiro atoms. The first kappa shape index (κ1) is 21.2. The molecule has 3 amide bonds. The van der Waals surface area contributed by atoms with Crippen LogP contribution in [-0.4, -0.2) is 39.4 Å². The van der Waals surface area contributed by atoms with Gasteiger partial charge in [0.25, 0.3) is 0 Å². The fraction of sp³-hybridized carbons (Fsp3) is 0.158. The van der Waals surface area contributed by atoms with Crippen LogP contribution < -0.4 is 30.7 Å². The number of amides is 3. The molecule has 0 atom stereocenters. The number of carbonyl (C=O) groups excluding carboxylic acids is 2. The zero-order valence-corrected chi connectivity index (χ0v) is 17.2. The van der Waals surface area contributed by atoms with Gasteiger partial charge in [-0.3, -0.25) is 10.1 Å². The molecule has 0 saturated carbocycles. The molecule has 0 radical (unpaired) electrons. The van der Waals surface area contributed by atoms with Gasteiger partial charge in [0, 0.05) is 11.8 Å². The molecule has 0 fully saturated rings. The lowest BCUT2D eigenvalue weighted by molar-refractivity contribution is -0.117. The van der Waals surface area contributed by atoms with E-state index in [1.165, 1.54) is 28.9 Å². The SMILES string of the molecule is Nn1c(COc2ccc(F)cc2)nnc1SCC(=O)NC(=O)Nc1ccc2c(c1)OCO2. The summed E-state index contributed by atoms with van der Waals surface area (Å²) >= 11 is 0.995. The number of imide groups is 1. The monoisotopic (exact) mass is 460 g/mol. The van der Waals surface area contributed by atoms with Gasteiger partial charge >= 0.3 is 6.03 Å². The molecular formula is C19H17FN6O5S. The fourth-order valence-corrected chi connectivity index (χ4v) is 3.29. The Labute approximate surface area is 185 Å². The maximum Gasteiger partial charge on any atom is 0.325 e. The molecule has 11 nitrogen and oxygen atoms in total. The first-order chi connectivity index (χ1) is 15.5. The maximum atomic E-state index is 12.9. The number of hydrogen-bond donors (Lipinski definition) is 3. The van der Waals surface area contributed by atoms with Crippen molar-refractivity contribution in [1.82, 2.24) is 20.2 Å². The number of nitrogens with two attached hydrogens (primary N) is 1. The summed E-state index contributed by atoms with van der Waals surface area (Å²) in [6, 6.07) is 9.66. The molecule has 4 N–H and O–H groups in total. The molecule has 0 aliphatic carbocycles. The predicted molar refractivity (Wildman–Crippen MR) is 111 cm³/mol. The van der Waals surface area contributed by atoms with E-state index in [1.807, 2.05) is 0 Å². The summed E-state index contributed by atoms with van der Waals surface area (Å²) in [5, 5.41) is 12.8. The third-order valence-electron chi connectivity index (χ3n) is 4.13. The number of thioether (sulfide) groups is 1. The first-order valence-electron chi connectivity index (χ1n) is 9.19. The van der Waals surface area contributed by atoms with Crippen LogP contribution in [0.15, 0.2) is 47.6 Å². The molecule has 1 aliphatic rings. The Kier molecular flexibility index (Phi) is 6.26. The molecule has 166 valence electrons. The molecule has 1 aromatic heterocycles. The lowest BCUT2D eigenvalue weighted by atomic mass is 10.3. The summed E-state index contributed by atoms with van der Waals surface area (Å²) in [5.41, 5.74) is 0.444. The van der Waals surface area contributed by atoms with Gasteiger partial charge in [0.2, 0.25) is 17.9 Å². The van der Waals surface area contributed by atoms with Crippen molar-refractivity contribution in [3.05, 3.63) is 54.1 Å². The topological polar surface area (TPSA) is 143 Å². The lowest BCUT2D eigenvalue weighted by Crippen LogP contribution is -2.35. The number of ether oxygens (including phenoxy) is 3. The number of carbonyl (C=O) groups is 2. The Hall–Kier alpha value is -4.00. The number of benzene rings is 2. The average molecular weight is 460 g/mol. The van der Waals surface area contributed by atoms with Gasteiger partial charge in [-0.2, -0.15) is 0 Å². The van der Waals surface area contributed by atoms with Crippen molar-refractivity contribution < 1.29 is 28.2 Å². The zero-order chi connectivity index (χ0) is 22.5. The number of urea groups is 1. The van der Waals surface area contributed by atoms with Crippen molar-refractivity contribution in [1.29, 1.82) is 0 Å². The van der Waals surface area contributed by atoms with E-state index in [-0.39, 0.29) is 30.1 Å². The Morgan fingerprint density at radius 3 is 2.75 bits per heavy atom. The van der Waals surface area contributed by atoms with E-state index >= 15 is 0 Å². The maximum absolute atomic E-state index is 12.9. The van der Waals surface area contributed by atoms with E-state index in [0.29, 0.717) is 28.8 Å². The summed E-state index contributed by atoms with van der Waals surface area (Å²) in [5.74, 6) is 6.70. The summed E-state index contributed by atoms with van der Waals surface area (Å²) in [4.78, 5) is 24.1. The normalized spacial score (nSPS) is 11.8. The Balaban J connectivity index is 1.24. The standard InChI is InChI=1S/C19H17FN6O5S/c20-11-1-4-13(5-2-11)29-8-16-24-25-19(26(16)21)32-9-17(27)23-18(28)22-12-3-6-14-15(7-12)31-10-30-14/h1-7H,8-10,21H2,(H2,22,23,27,28). The van der Waals surface area contributed by atoms with Gasteiger partial charge in [-0.15, -0.1) is 10.2 Å². The van der Waals surface area contributed by atoms with E-state index in [2.05, 4.69) is 20.8 Å². The van der Waals surface area contributed by atoms with Crippen LogP contribution in [0.4, 0.5) is 14.9 Å². The Morgan fingerprint density at radius 2 is 1.94 bits per heavy atom. The van der Waals surface area contributed by atoms with Crippen LogP contribution in [0.3, 0.4) is 0 Å². The van der Waals surface area contributed by atoms with E-state index in [0.717, 1.165) is 11.8 Å². The summed E-state index contributed by atoms with van der Waals surface area (Å²) < 4.78 is 30.0. The minimum atomic E-state index is -0.697. The number of nitrogens with zero attached hydrogens (tertiary/aromatic N) is 3. The average Bonchev–Trinajstić information content (AvgIpc) is 3.38. The van der Waals surface area contributed by atoms with Crippen molar-refractivity contribution in [3.63, 3.8) is 0 Å². The number of rotatable bonds is 7. The van der Waals surface area contributed by atoms with Crippen LogP contribution in [0.2, 0.25) is 0 Å². The van der Waals surface area contributed by atoms with Crippen LogP contribution >= 0.6 is 11.8 Å². The molecule has 0 saturated heterocycles. The quantitative estimate of drug-likeness (QED) is 0.356. The van der Waals surface area contributed by atoms with Crippen LogP contribution in [0.25, 0.3) is 0 Å². The second kappa shape index (κ2) is 9.43. The van der Waals surface area contributed by atoms with E-state index in [1.54, 1.807) is 18.2 Å². The van der Waals surface area contributed by atoms with Gasteiger partial charge in [0.15, 0.2) is 17.3 Å². The molecule has 1 aliphatic heterocycles. The third-order valence-corrected chi connectivity index (χ3v) is 5.08. The van der Waals surface area contributed by atoms with E-state index in [9.17, 15) is 14.0 Å². The highest BCUT2D eigenvalue weighted by atomic mass is 32.2. The lowest BCUT2D eigenvalue weighted by Gasteiger charge is -2.08. The van der Waals surface area contributed by atoms with Crippen LogP contribution in [0.5, 0.6) is 17.2 Å². The Morgan fingerprint density at radius 1 is 1.16 bits per heavy atom. The van der Waals surface area contributed by atoms with E-state index in [4.69, 9.17) is 20.1 Å². The molecule has 0 bridgehead atoms. The number of anilines is 1. The largest absolute Gasteiger partial charge is 0.486 e. The fourth-order valence-electron chi connectivity index (χ4n) is 2.61. The Bertz CT molecular complexity index is 1140. The van der Waals surface area contributed by atoms with Crippen molar-refractivity contribution in [2.24, 2.45) is 0 Å². The molecule has 32 heavy (non-hydrogen) atoms. The van der Waals surface area contributed by atoms with Gasteiger partial charge < -0.3 is 25.4 Å². The van der Waals surface area contributed by atoms with Crippen LogP contribution in [0.1, 0.15) is 5.82 Å². The van der Waals surface area contributed by atoms with Crippen LogP contribution in [0, 0.1) is 5.82 Å². The van der Waals surface area contributed by atoms with Crippen molar-refractivity contribution in [3.8, 4) is 17.2 Å². The van der Waals surface area contributed by atoms with Crippen LogP contribution in [-0.2, 0) is 11.4 Å². The number of nitrogens with one attached hydrogen (secondary N) is 2. The number of hydrogen-bond acceptors (Lipinski definition) is 9. The zero-order valence-electron chi connectivity index (χ0n) is 16.4. The minimum absolute atomic E-state index is 0.000172. The molecule has 13 heteroatoms. The highest BCUT2D eigenvalue weighted by molar-refractivity contribution is 7.99. The smallest absolute Gasteiger partial charge is 0.325 e. The van der Waals surface area contributed by atoms with Crippen molar-refractivity contribution >= 4 is 29.4 Å². The number of halogens is 1. The second-order valence-electron chi connectivity index (χ2n) is 6.37. The van der Waals surface area contributed by atoms with Gasteiger partial charge in [0.05, 0.1) is 5.75 Å². The third kappa shape index (κ3) is 5.18. The summed E-state index contributed by atoms with van der Waals surface area (Å²) in [7, 11) is 0. The molecule has 0 unspecified atom stereocenters. The highest BCUT2D eigenvalue weighted by Crippen LogP contribution is 2.34.